The molecule has 4 rings (SSSR count). The van der Waals surface area contributed by atoms with Gasteiger partial charge in [-0.3, -0.25) is 4.79 Å². The lowest BCUT2D eigenvalue weighted by molar-refractivity contribution is 0.102. The molecule has 31 heavy (non-hydrogen) atoms. The predicted octanol–water partition coefficient (Wildman–Crippen LogP) is 6.34. The van der Waals surface area contributed by atoms with E-state index in [0.29, 0.717) is 5.56 Å². The quantitative estimate of drug-likeness (QED) is 0.417. The van der Waals surface area contributed by atoms with Crippen LogP contribution in [0.15, 0.2) is 66.7 Å². The van der Waals surface area contributed by atoms with Crippen LogP contribution in [0.25, 0.3) is 22.2 Å². The van der Waals surface area contributed by atoms with Gasteiger partial charge in [-0.25, -0.2) is 4.98 Å². The number of fused-ring (bicyclic) bond motifs is 1. The van der Waals surface area contributed by atoms with Crippen molar-refractivity contribution in [2.24, 2.45) is 0 Å². The zero-order valence-corrected chi connectivity index (χ0v) is 18.3. The third-order valence-electron chi connectivity index (χ3n) is 5.50. The zero-order valence-electron chi connectivity index (χ0n) is 18.3. The van der Waals surface area contributed by atoms with Gasteiger partial charge < -0.3 is 10.1 Å². The summed E-state index contributed by atoms with van der Waals surface area (Å²) in [5, 5.41) is 3.98. The number of hydrogen-bond donors (Lipinski definition) is 1. The van der Waals surface area contributed by atoms with Gasteiger partial charge in [-0.1, -0.05) is 48.9 Å². The highest BCUT2D eigenvalue weighted by atomic mass is 16.5. The Morgan fingerprint density at radius 3 is 2.58 bits per heavy atom. The number of ether oxygens (including phenoxy) is 1. The van der Waals surface area contributed by atoms with Gasteiger partial charge in [0.15, 0.2) is 0 Å². The molecule has 1 heterocycles. The van der Waals surface area contributed by atoms with Gasteiger partial charge in [0.1, 0.15) is 5.75 Å². The molecule has 0 radical (unpaired) electrons. The normalized spacial score (nSPS) is 10.8. The molecule has 0 aliphatic carbocycles. The molecule has 4 heteroatoms. The van der Waals surface area contributed by atoms with E-state index in [-0.39, 0.29) is 5.91 Å². The van der Waals surface area contributed by atoms with Crippen LogP contribution in [0, 0.1) is 13.8 Å². The molecule has 0 aliphatic heterocycles. The Balaban J connectivity index is 1.89. The Morgan fingerprint density at radius 1 is 1.00 bits per heavy atom. The van der Waals surface area contributed by atoms with Crippen molar-refractivity contribution in [3.05, 3.63) is 89.0 Å². The molecule has 0 saturated carbocycles. The van der Waals surface area contributed by atoms with Crippen LogP contribution in [0.4, 0.5) is 5.69 Å². The van der Waals surface area contributed by atoms with Crippen LogP contribution in [0.5, 0.6) is 5.75 Å². The monoisotopic (exact) mass is 410 g/mol. The van der Waals surface area contributed by atoms with E-state index in [1.165, 1.54) is 0 Å². The maximum Gasteiger partial charge on any atom is 0.256 e. The zero-order chi connectivity index (χ0) is 22.0. The number of carbonyl (C=O) groups is 1. The van der Waals surface area contributed by atoms with Gasteiger partial charge >= 0.3 is 0 Å². The molecule has 3 aromatic carbocycles. The molecular formula is C27H26N2O2. The van der Waals surface area contributed by atoms with E-state index >= 15 is 0 Å². The summed E-state index contributed by atoms with van der Waals surface area (Å²) in [7, 11) is 1.64. The number of pyridine rings is 1. The Kier molecular flexibility index (Phi) is 5.72. The fourth-order valence-electron chi connectivity index (χ4n) is 3.94. The Labute approximate surface area is 182 Å². The van der Waals surface area contributed by atoms with E-state index in [0.717, 1.165) is 56.7 Å². The summed E-state index contributed by atoms with van der Waals surface area (Å²) in [5.41, 5.74) is 7.19. The van der Waals surface area contributed by atoms with Crippen LogP contribution in [-0.4, -0.2) is 18.0 Å². The second-order valence-electron chi connectivity index (χ2n) is 7.73. The topological polar surface area (TPSA) is 51.2 Å². The summed E-state index contributed by atoms with van der Waals surface area (Å²) in [4.78, 5) is 18.4. The molecule has 1 N–H and O–H groups in total. The molecule has 1 aromatic heterocycles. The number of hydrogen-bond acceptors (Lipinski definition) is 3. The van der Waals surface area contributed by atoms with Crippen molar-refractivity contribution in [3.63, 3.8) is 0 Å². The first kappa shape index (κ1) is 20.6. The standard InChI is InChI=1S/C27H26N2O2/c1-5-19-9-6-7-12-24(19)29-27(30)23-16-25(20-10-8-11-21(15-20)31-4)28-26-18(3)13-17(2)14-22(23)26/h6-16H,5H2,1-4H3,(H,29,30). The van der Waals surface area contributed by atoms with E-state index in [4.69, 9.17) is 9.72 Å². The smallest absolute Gasteiger partial charge is 0.256 e. The average molecular weight is 411 g/mol. The lowest BCUT2D eigenvalue weighted by Gasteiger charge is -2.14. The molecule has 0 fully saturated rings. The first-order valence-corrected chi connectivity index (χ1v) is 10.5. The van der Waals surface area contributed by atoms with Crippen LogP contribution in [0.1, 0.15) is 34.0 Å². The van der Waals surface area contributed by atoms with Crippen molar-refractivity contribution >= 4 is 22.5 Å². The average Bonchev–Trinajstić information content (AvgIpc) is 2.78. The number of nitrogens with zero attached hydrogens (tertiary/aromatic N) is 1. The van der Waals surface area contributed by atoms with Gasteiger partial charge in [0.2, 0.25) is 0 Å². The van der Waals surface area contributed by atoms with Crippen LogP contribution >= 0.6 is 0 Å². The fourth-order valence-corrected chi connectivity index (χ4v) is 3.94. The van der Waals surface area contributed by atoms with E-state index in [2.05, 4.69) is 18.3 Å². The fraction of sp³-hybridized carbons (Fsp3) is 0.185. The minimum absolute atomic E-state index is 0.137. The number of nitrogens with one attached hydrogen (secondary N) is 1. The summed E-state index contributed by atoms with van der Waals surface area (Å²) in [6, 6.07) is 21.7. The van der Waals surface area contributed by atoms with Crippen LogP contribution < -0.4 is 10.1 Å². The molecule has 156 valence electrons. The van der Waals surface area contributed by atoms with E-state index in [1.54, 1.807) is 7.11 Å². The number of aromatic nitrogens is 1. The minimum Gasteiger partial charge on any atom is -0.497 e. The van der Waals surface area contributed by atoms with Crippen molar-refractivity contribution < 1.29 is 9.53 Å². The summed E-state index contributed by atoms with van der Waals surface area (Å²) in [6.45, 7) is 6.16. The molecule has 4 nitrogen and oxygen atoms in total. The molecule has 0 atom stereocenters. The van der Waals surface area contributed by atoms with Gasteiger partial charge in [0.05, 0.1) is 23.9 Å². The third kappa shape index (κ3) is 4.15. The summed E-state index contributed by atoms with van der Waals surface area (Å²) in [6.07, 6.45) is 0.848. The van der Waals surface area contributed by atoms with Gasteiger partial charge in [-0.2, -0.15) is 0 Å². The third-order valence-corrected chi connectivity index (χ3v) is 5.50. The largest absolute Gasteiger partial charge is 0.497 e. The van der Waals surface area contributed by atoms with Crippen molar-refractivity contribution in [1.82, 2.24) is 4.98 Å². The van der Waals surface area contributed by atoms with Crippen molar-refractivity contribution in [3.8, 4) is 17.0 Å². The number of rotatable bonds is 5. The summed E-state index contributed by atoms with van der Waals surface area (Å²) < 4.78 is 5.38. The van der Waals surface area contributed by atoms with Crippen LogP contribution in [0.2, 0.25) is 0 Å². The molecule has 1 amide bonds. The van der Waals surface area contributed by atoms with Crippen molar-refractivity contribution in [2.45, 2.75) is 27.2 Å². The first-order chi connectivity index (χ1) is 15.0. The number of amides is 1. The lowest BCUT2D eigenvalue weighted by atomic mass is 9.99. The molecular weight excluding hydrogens is 384 g/mol. The molecule has 0 bridgehead atoms. The molecule has 4 aromatic rings. The van der Waals surface area contributed by atoms with Gasteiger partial charge in [-0.15, -0.1) is 0 Å². The van der Waals surface area contributed by atoms with E-state index in [1.807, 2.05) is 74.5 Å². The molecule has 0 saturated heterocycles. The molecule has 0 spiro atoms. The Hall–Kier alpha value is -3.66. The number of carbonyl (C=O) groups excluding carboxylic acids is 1. The van der Waals surface area contributed by atoms with Crippen molar-refractivity contribution in [1.29, 1.82) is 0 Å². The number of anilines is 1. The summed E-state index contributed by atoms with van der Waals surface area (Å²) in [5.74, 6) is 0.616. The maximum atomic E-state index is 13.5. The number of para-hydroxylation sites is 1. The number of benzene rings is 3. The SMILES string of the molecule is CCc1ccccc1NC(=O)c1cc(-c2cccc(OC)c2)nc2c(C)cc(C)cc12. The highest BCUT2D eigenvalue weighted by molar-refractivity contribution is 6.13. The first-order valence-electron chi connectivity index (χ1n) is 10.5. The predicted molar refractivity (Wildman–Crippen MR) is 127 cm³/mol. The Morgan fingerprint density at radius 2 is 1.81 bits per heavy atom. The lowest BCUT2D eigenvalue weighted by Crippen LogP contribution is -2.14. The molecule has 0 aliphatic rings. The highest BCUT2D eigenvalue weighted by Gasteiger charge is 2.17. The van der Waals surface area contributed by atoms with Gasteiger partial charge in [0.25, 0.3) is 5.91 Å². The van der Waals surface area contributed by atoms with Crippen molar-refractivity contribution in [2.75, 3.05) is 12.4 Å². The number of aryl methyl sites for hydroxylation is 3. The molecule has 0 unspecified atom stereocenters. The number of methoxy groups -OCH3 is 1. The summed E-state index contributed by atoms with van der Waals surface area (Å²) >= 11 is 0. The maximum absolute atomic E-state index is 13.5. The second kappa shape index (κ2) is 8.60. The van der Waals surface area contributed by atoms with Crippen LogP contribution in [0.3, 0.4) is 0 Å². The van der Waals surface area contributed by atoms with Crippen LogP contribution in [-0.2, 0) is 6.42 Å². The van der Waals surface area contributed by atoms with Gasteiger partial charge in [-0.05, 0) is 61.7 Å². The van der Waals surface area contributed by atoms with E-state index < -0.39 is 0 Å². The van der Waals surface area contributed by atoms with E-state index in [9.17, 15) is 4.79 Å². The Bertz CT molecular complexity index is 1280. The van der Waals surface area contributed by atoms with Gasteiger partial charge in [0, 0.05) is 16.6 Å². The highest BCUT2D eigenvalue weighted by Crippen LogP contribution is 2.30. The minimum atomic E-state index is -0.137. The second-order valence-corrected chi connectivity index (χ2v) is 7.73.